The predicted octanol–water partition coefficient (Wildman–Crippen LogP) is 2.14. The van der Waals surface area contributed by atoms with Gasteiger partial charge >= 0.3 is 6.09 Å². The van der Waals surface area contributed by atoms with Crippen LogP contribution in [0, 0.1) is 0 Å². The minimum atomic E-state index is -0.337. The van der Waals surface area contributed by atoms with Gasteiger partial charge in [-0.3, -0.25) is 4.79 Å². The number of hydrogen-bond acceptors (Lipinski definition) is 4. The van der Waals surface area contributed by atoms with Gasteiger partial charge in [-0.05, 0) is 52.4 Å². The standard InChI is InChI=1S/C13H21NO4/c1-10(2)18-11(16)14-12-3-6-13(7-4-12,8-5-12)17-9-15/h9-10H,3-8H2,1-2H3,(H,14,16). The molecule has 5 heteroatoms. The summed E-state index contributed by atoms with van der Waals surface area (Å²) in [5.74, 6) is 0. The van der Waals surface area contributed by atoms with Gasteiger partial charge in [-0.2, -0.15) is 0 Å². The van der Waals surface area contributed by atoms with Crippen molar-refractivity contribution in [2.75, 3.05) is 0 Å². The van der Waals surface area contributed by atoms with Crippen molar-refractivity contribution in [1.82, 2.24) is 5.32 Å². The van der Waals surface area contributed by atoms with E-state index in [0.29, 0.717) is 6.47 Å². The quantitative estimate of drug-likeness (QED) is 0.782. The van der Waals surface area contributed by atoms with Crippen LogP contribution in [0.5, 0.6) is 0 Å². The molecule has 3 rings (SSSR count). The number of carbonyl (C=O) groups is 2. The highest BCUT2D eigenvalue weighted by Crippen LogP contribution is 2.48. The first-order chi connectivity index (χ1) is 8.49. The molecular formula is C13H21NO4. The zero-order chi connectivity index (χ0) is 13.2. The third-order valence-corrected chi connectivity index (χ3v) is 4.19. The monoisotopic (exact) mass is 255 g/mol. The molecule has 3 saturated carbocycles. The van der Waals surface area contributed by atoms with Gasteiger partial charge in [0.25, 0.3) is 6.47 Å². The highest BCUT2D eigenvalue weighted by molar-refractivity contribution is 5.68. The maximum atomic E-state index is 11.7. The fourth-order valence-corrected chi connectivity index (χ4v) is 3.08. The maximum Gasteiger partial charge on any atom is 0.407 e. The minimum absolute atomic E-state index is 0.105. The topological polar surface area (TPSA) is 64.6 Å². The Bertz CT molecular complexity index is 315. The summed E-state index contributed by atoms with van der Waals surface area (Å²) in [6.45, 7) is 4.22. The molecule has 0 unspecified atom stereocenters. The highest BCUT2D eigenvalue weighted by atomic mass is 16.6. The molecule has 102 valence electrons. The van der Waals surface area contributed by atoms with Crippen LogP contribution in [0.4, 0.5) is 4.79 Å². The summed E-state index contributed by atoms with van der Waals surface area (Å²) < 4.78 is 10.4. The second kappa shape index (κ2) is 4.78. The summed E-state index contributed by atoms with van der Waals surface area (Å²) in [7, 11) is 0. The summed E-state index contributed by atoms with van der Waals surface area (Å²) in [4.78, 5) is 22.2. The molecule has 5 nitrogen and oxygen atoms in total. The first-order valence-electron chi connectivity index (χ1n) is 6.60. The molecule has 0 aromatic carbocycles. The molecular weight excluding hydrogens is 234 g/mol. The molecule has 1 amide bonds. The van der Waals surface area contributed by atoms with Gasteiger partial charge < -0.3 is 14.8 Å². The SMILES string of the molecule is CC(C)OC(=O)NC12CCC(OC=O)(CC1)CC2. The second-order valence-electron chi connectivity index (χ2n) is 5.76. The molecule has 0 aromatic rings. The van der Waals surface area contributed by atoms with E-state index in [0.717, 1.165) is 38.5 Å². The number of nitrogens with one attached hydrogen (secondary N) is 1. The maximum absolute atomic E-state index is 11.7. The fourth-order valence-electron chi connectivity index (χ4n) is 3.08. The van der Waals surface area contributed by atoms with E-state index < -0.39 is 0 Å². The molecule has 3 fully saturated rings. The van der Waals surface area contributed by atoms with E-state index in [9.17, 15) is 9.59 Å². The van der Waals surface area contributed by atoms with E-state index in [4.69, 9.17) is 9.47 Å². The van der Waals surface area contributed by atoms with E-state index in [1.54, 1.807) is 0 Å². The lowest BCUT2D eigenvalue weighted by molar-refractivity contribution is -0.157. The van der Waals surface area contributed by atoms with Crippen LogP contribution in [-0.4, -0.2) is 29.8 Å². The lowest BCUT2D eigenvalue weighted by Crippen LogP contribution is -2.59. The molecule has 2 bridgehead atoms. The van der Waals surface area contributed by atoms with Gasteiger partial charge in [0.15, 0.2) is 0 Å². The van der Waals surface area contributed by atoms with E-state index in [2.05, 4.69) is 5.32 Å². The van der Waals surface area contributed by atoms with E-state index in [1.807, 2.05) is 13.8 Å². The summed E-state index contributed by atoms with van der Waals surface area (Å²) >= 11 is 0. The van der Waals surface area contributed by atoms with Crippen molar-refractivity contribution in [3.05, 3.63) is 0 Å². The van der Waals surface area contributed by atoms with Crippen LogP contribution in [-0.2, 0) is 14.3 Å². The lowest BCUT2D eigenvalue weighted by Gasteiger charge is -2.52. The van der Waals surface area contributed by atoms with Crippen LogP contribution in [0.15, 0.2) is 0 Å². The Morgan fingerprint density at radius 1 is 1.17 bits per heavy atom. The van der Waals surface area contributed by atoms with Gasteiger partial charge in [0.05, 0.1) is 6.10 Å². The van der Waals surface area contributed by atoms with Crippen LogP contribution < -0.4 is 5.32 Å². The Balaban J connectivity index is 1.93. The molecule has 0 aromatic heterocycles. The van der Waals surface area contributed by atoms with Crippen LogP contribution >= 0.6 is 0 Å². The summed E-state index contributed by atoms with van der Waals surface area (Å²) in [6.07, 6.45) is 4.60. The summed E-state index contributed by atoms with van der Waals surface area (Å²) in [5.41, 5.74) is -0.424. The zero-order valence-electron chi connectivity index (χ0n) is 11.0. The Morgan fingerprint density at radius 2 is 1.72 bits per heavy atom. The molecule has 0 aliphatic heterocycles. The van der Waals surface area contributed by atoms with Gasteiger partial charge in [0.1, 0.15) is 5.60 Å². The summed E-state index contributed by atoms with van der Waals surface area (Å²) in [5, 5.41) is 3.01. The van der Waals surface area contributed by atoms with Crippen molar-refractivity contribution >= 4 is 12.6 Å². The molecule has 0 saturated heterocycles. The Hall–Kier alpha value is -1.26. The average molecular weight is 255 g/mol. The van der Waals surface area contributed by atoms with Gasteiger partial charge in [-0.1, -0.05) is 0 Å². The number of alkyl carbamates (subject to hydrolysis) is 1. The average Bonchev–Trinajstić information content (AvgIpc) is 2.30. The Labute approximate surface area is 107 Å². The first-order valence-corrected chi connectivity index (χ1v) is 6.60. The lowest BCUT2D eigenvalue weighted by atomic mass is 9.63. The van der Waals surface area contributed by atoms with Crippen molar-refractivity contribution in [3.63, 3.8) is 0 Å². The molecule has 3 aliphatic rings. The van der Waals surface area contributed by atoms with E-state index in [1.165, 1.54) is 0 Å². The van der Waals surface area contributed by atoms with Crippen molar-refractivity contribution in [2.24, 2.45) is 0 Å². The van der Waals surface area contributed by atoms with Crippen LogP contribution in [0.3, 0.4) is 0 Å². The molecule has 0 atom stereocenters. The van der Waals surface area contributed by atoms with Crippen molar-refractivity contribution in [3.8, 4) is 0 Å². The molecule has 18 heavy (non-hydrogen) atoms. The van der Waals surface area contributed by atoms with Gasteiger partial charge in [-0.15, -0.1) is 0 Å². The molecule has 0 spiro atoms. The van der Waals surface area contributed by atoms with Crippen LogP contribution in [0.2, 0.25) is 0 Å². The number of rotatable bonds is 4. The zero-order valence-corrected chi connectivity index (χ0v) is 11.0. The highest BCUT2D eigenvalue weighted by Gasteiger charge is 2.50. The molecule has 0 radical (unpaired) electrons. The van der Waals surface area contributed by atoms with Crippen molar-refractivity contribution < 1.29 is 19.1 Å². The fraction of sp³-hybridized carbons (Fsp3) is 0.846. The van der Waals surface area contributed by atoms with Crippen LogP contribution in [0.1, 0.15) is 52.4 Å². The van der Waals surface area contributed by atoms with Gasteiger partial charge in [0.2, 0.25) is 0 Å². The number of amides is 1. The Morgan fingerprint density at radius 3 is 2.17 bits per heavy atom. The second-order valence-corrected chi connectivity index (χ2v) is 5.76. The summed E-state index contributed by atoms with van der Waals surface area (Å²) in [6, 6.07) is 0. The Kier molecular flexibility index (Phi) is 3.50. The molecule has 1 N–H and O–H groups in total. The number of hydrogen-bond donors (Lipinski definition) is 1. The predicted molar refractivity (Wildman–Crippen MR) is 65.1 cm³/mol. The van der Waals surface area contributed by atoms with Crippen LogP contribution in [0.25, 0.3) is 0 Å². The smallest absolute Gasteiger partial charge is 0.407 e. The third-order valence-electron chi connectivity index (χ3n) is 4.19. The van der Waals surface area contributed by atoms with E-state index >= 15 is 0 Å². The third kappa shape index (κ3) is 2.60. The van der Waals surface area contributed by atoms with Crippen molar-refractivity contribution in [1.29, 1.82) is 0 Å². The van der Waals surface area contributed by atoms with Gasteiger partial charge in [0, 0.05) is 5.54 Å². The normalized spacial score (nSPS) is 34.2. The minimum Gasteiger partial charge on any atom is -0.461 e. The first kappa shape index (κ1) is 13.2. The molecule has 3 aliphatic carbocycles. The molecule has 0 heterocycles. The van der Waals surface area contributed by atoms with Crippen molar-refractivity contribution in [2.45, 2.75) is 69.6 Å². The van der Waals surface area contributed by atoms with Gasteiger partial charge in [-0.25, -0.2) is 4.79 Å². The van der Waals surface area contributed by atoms with E-state index in [-0.39, 0.29) is 23.3 Å². The number of carbonyl (C=O) groups excluding carboxylic acids is 2. The number of ether oxygens (including phenoxy) is 2. The largest absolute Gasteiger partial charge is 0.461 e. The number of fused-ring (bicyclic) bond motifs is 3.